The molecular weight excluding hydrogens is 338 g/mol. The Bertz CT molecular complexity index is 713. The number of ether oxygens (including phenoxy) is 1. The van der Waals surface area contributed by atoms with Crippen molar-refractivity contribution in [2.24, 2.45) is 0 Å². The number of Topliss-reactive ketones (excluding diaryl/α,β-unsaturated/α-hetero) is 1. The van der Waals surface area contributed by atoms with E-state index in [4.69, 9.17) is 4.74 Å². The van der Waals surface area contributed by atoms with Crippen molar-refractivity contribution < 1.29 is 9.53 Å². The van der Waals surface area contributed by atoms with Crippen molar-refractivity contribution in [3.8, 4) is 11.8 Å². The maximum Gasteiger partial charge on any atom is 0.203 e. The molecule has 0 aliphatic rings. The Hall–Kier alpha value is -1.90. The Morgan fingerprint density at radius 3 is 2.80 bits per heavy atom. The van der Waals surface area contributed by atoms with Gasteiger partial charge in [0.1, 0.15) is 17.4 Å². The molecule has 2 aromatic rings. The molecule has 0 fully saturated rings. The lowest BCUT2D eigenvalue weighted by molar-refractivity contribution is 0.103. The second-order valence-corrected chi connectivity index (χ2v) is 6.37. The molecule has 2 rings (SSSR count). The Morgan fingerprint density at radius 1 is 1.40 bits per heavy atom. The van der Waals surface area contributed by atoms with Gasteiger partial charge in [-0.25, -0.2) is 0 Å². The average Bonchev–Trinajstić information content (AvgIpc) is 2.89. The van der Waals surface area contributed by atoms with Gasteiger partial charge in [0.05, 0.1) is 10.9 Å². The highest BCUT2D eigenvalue weighted by Gasteiger charge is 2.13. The molecule has 0 atom stereocenters. The second-order valence-electron chi connectivity index (χ2n) is 3.87. The van der Waals surface area contributed by atoms with Crippen molar-refractivity contribution in [1.29, 1.82) is 5.26 Å². The van der Waals surface area contributed by atoms with Crippen LogP contribution in [0.5, 0.6) is 5.75 Å². The molecule has 5 heteroatoms. The first-order valence-electron chi connectivity index (χ1n) is 5.70. The van der Waals surface area contributed by atoms with E-state index in [0.717, 1.165) is 8.66 Å². The number of allylic oxidation sites excluding steroid dienone is 1. The number of carbonyl (C=O) groups excluding carboxylic acids is 1. The summed E-state index contributed by atoms with van der Waals surface area (Å²) in [4.78, 5) is 13.2. The first-order chi connectivity index (χ1) is 9.63. The number of nitriles is 1. The van der Waals surface area contributed by atoms with E-state index < -0.39 is 0 Å². The molecule has 20 heavy (non-hydrogen) atoms. The Balaban J connectivity index is 2.34. The highest BCUT2D eigenvalue weighted by atomic mass is 79.9. The van der Waals surface area contributed by atoms with Gasteiger partial charge in [0, 0.05) is 10.4 Å². The molecule has 0 unspecified atom stereocenters. The van der Waals surface area contributed by atoms with Gasteiger partial charge in [0.2, 0.25) is 5.78 Å². The number of carbonyl (C=O) groups is 1. The van der Waals surface area contributed by atoms with Crippen LogP contribution < -0.4 is 4.74 Å². The van der Waals surface area contributed by atoms with Crippen LogP contribution in [0.15, 0.2) is 45.8 Å². The zero-order valence-electron chi connectivity index (χ0n) is 10.6. The lowest BCUT2D eigenvalue weighted by Gasteiger charge is -2.02. The molecule has 0 radical (unpaired) electrons. The molecule has 0 aliphatic carbocycles. The normalized spacial score (nSPS) is 10.9. The molecule has 0 bridgehead atoms. The number of halogens is 1. The predicted molar refractivity (Wildman–Crippen MR) is 82.9 cm³/mol. The fourth-order valence-corrected chi connectivity index (χ4v) is 2.98. The Morgan fingerprint density at radius 2 is 2.20 bits per heavy atom. The number of methoxy groups -OCH3 is 1. The summed E-state index contributed by atoms with van der Waals surface area (Å²) in [6.07, 6.45) is 1.59. The van der Waals surface area contributed by atoms with Crippen LogP contribution in [-0.4, -0.2) is 12.9 Å². The lowest BCUT2D eigenvalue weighted by Crippen LogP contribution is -2.02. The van der Waals surface area contributed by atoms with Gasteiger partial charge >= 0.3 is 0 Å². The smallest absolute Gasteiger partial charge is 0.203 e. The number of benzene rings is 1. The maximum absolute atomic E-state index is 12.3. The van der Waals surface area contributed by atoms with Gasteiger partial charge in [-0.3, -0.25) is 4.79 Å². The number of ketones is 1. The molecule has 3 nitrogen and oxygen atoms in total. The van der Waals surface area contributed by atoms with Crippen LogP contribution in [0.4, 0.5) is 0 Å². The van der Waals surface area contributed by atoms with Crippen LogP contribution >= 0.6 is 27.3 Å². The van der Waals surface area contributed by atoms with Crippen LogP contribution in [0, 0.1) is 11.3 Å². The lowest BCUT2D eigenvalue weighted by atomic mass is 10.0. The van der Waals surface area contributed by atoms with Gasteiger partial charge in [-0.2, -0.15) is 5.26 Å². The number of hydrogen-bond donors (Lipinski definition) is 0. The van der Waals surface area contributed by atoms with Crippen molar-refractivity contribution in [2.45, 2.75) is 0 Å². The van der Waals surface area contributed by atoms with Crippen molar-refractivity contribution >= 4 is 39.1 Å². The van der Waals surface area contributed by atoms with Gasteiger partial charge in [0.15, 0.2) is 0 Å². The summed E-state index contributed by atoms with van der Waals surface area (Å²) in [7, 11) is 1.54. The van der Waals surface area contributed by atoms with E-state index in [1.165, 1.54) is 18.4 Å². The van der Waals surface area contributed by atoms with Crippen LogP contribution in [0.2, 0.25) is 0 Å². The van der Waals surface area contributed by atoms with Crippen molar-refractivity contribution in [3.05, 3.63) is 56.2 Å². The summed E-state index contributed by atoms with van der Waals surface area (Å²) in [5.74, 6) is 0.280. The van der Waals surface area contributed by atoms with Crippen molar-refractivity contribution in [2.75, 3.05) is 7.11 Å². The number of rotatable bonds is 4. The summed E-state index contributed by atoms with van der Waals surface area (Å²) in [5, 5.41) is 9.17. The van der Waals surface area contributed by atoms with E-state index in [2.05, 4.69) is 15.9 Å². The first kappa shape index (κ1) is 14.5. The Kier molecular flexibility index (Phi) is 4.72. The standard InChI is InChI=1S/C15H10BrNO2S/c1-19-12-4-2-3-10(7-12)15(18)11(9-17)8-13-5-6-14(16)20-13/h2-8H,1H3. The third-order valence-corrected chi connectivity index (χ3v) is 4.15. The SMILES string of the molecule is COc1cccc(C(=O)C(C#N)=Cc2ccc(Br)s2)c1. The molecule has 0 saturated heterocycles. The molecule has 0 N–H and O–H groups in total. The van der Waals surface area contributed by atoms with E-state index >= 15 is 0 Å². The zero-order chi connectivity index (χ0) is 14.5. The quantitative estimate of drug-likeness (QED) is 0.470. The average molecular weight is 348 g/mol. The Labute approximate surface area is 129 Å². The van der Waals surface area contributed by atoms with Gasteiger partial charge in [0.25, 0.3) is 0 Å². The number of nitrogens with zero attached hydrogens (tertiary/aromatic N) is 1. The summed E-state index contributed by atoms with van der Waals surface area (Å²) in [6.45, 7) is 0. The fourth-order valence-electron chi connectivity index (χ4n) is 1.62. The largest absolute Gasteiger partial charge is 0.497 e. The molecule has 0 saturated carbocycles. The molecule has 1 heterocycles. The van der Waals surface area contributed by atoms with E-state index in [0.29, 0.717) is 11.3 Å². The van der Waals surface area contributed by atoms with Crippen molar-refractivity contribution in [1.82, 2.24) is 0 Å². The molecule has 0 spiro atoms. The molecule has 0 amide bonds. The van der Waals surface area contributed by atoms with Crippen LogP contribution in [0.3, 0.4) is 0 Å². The third kappa shape index (κ3) is 3.35. The topological polar surface area (TPSA) is 50.1 Å². The van der Waals surface area contributed by atoms with Gasteiger partial charge < -0.3 is 4.74 Å². The zero-order valence-corrected chi connectivity index (χ0v) is 13.0. The monoisotopic (exact) mass is 347 g/mol. The molecule has 0 aliphatic heterocycles. The predicted octanol–water partition coefficient (Wildman–Crippen LogP) is 4.31. The van der Waals surface area contributed by atoms with E-state index in [-0.39, 0.29) is 11.4 Å². The summed E-state index contributed by atoms with van der Waals surface area (Å²) < 4.78 is 6.03. The number of hydrogen-bond acceptors (Lipinski definition) is 4. The highest BCUT2D eigenvalue weighted by molar-refractivity contribution is 9.11. The summed E-state index contributed by atoms with van der Waals surface area (Å²) in [5.41, 5.74) is 0.542. The van der Waals surface area contributed by atoms with Crippen LogP contribution in [0.1, 0.15) is 15.2 Å². The second kappa shape index (κ2) is 6.51. The van der Waals surface area contributed by atoms with Gasteiger partial charge in [-0.1, -0.05) is 12.1 Å². The van der Waals surface area contributed by atoms with Crippen LogP contribution in [0.25, 0.3) is 6.08 Å². The van der Waals surface area contributed by atoms with Gasteiger partial charge in [-0.05, 0) is 46.3 Å². The third-order valence-electron chi connectivity index (χ3n) is 2.58. The molecule has 1 aromatic heterocycles. The fraction of sp³-hybridized carbons (Fsp3) is 0.0667. The molecule has 1 aromatic carbocycles. The van der Waals surface area contributed by atoms with E-state index in [1.807, 2.05) is 18.2 Å². The minimum Gasteiger partial charge on any atom is -0.497 e. The summed E-state index contributed by atoms with van der Waals surface area (Å²) >= 11 is 4.81. The van der Waals surface area contributed by atoms with E-state index in [9.17, 15) is 10.1 Å². The minimum absolute atomic E-state index is 0.104. The first-order valence-corrected chi connectivity index (χ1v) is 7.31. The molecule has 100 valence electrons. The summed E-state index contributed by atoms with van der Waals surface area (Å²) in [6, 6.07) is 12.5. The van der Waals surface area contributed by atoms with Crippen LogP contribution in [-0.2, 0) is 0 Å². The number of thiophene rings is 1. The highest BCUT2D eigenvalue weighted by Crippen LogP contribution is 2.25. The van der Waals surface area contributed by atoms with Crippen molar-refractivity contribution in [3.63, 3.8) is 0 Å². The minimum atomic E-state index is -0.309. The maximum atomic E-state index is 12.3. The van der Waals surface area contributed by atoms with Gasteiger partial charge in [-0.15, -0.1) is 11.3 Å². The van der Waals surface area contributed by atoms with E-state index in [1.54, 1.807) is 30.3 Å². The molecular formula is C15H10BrNO2S.